The SMILES string of the molecule is C=CCOC(=O)CCC(NC(=O)c1cnn2c(C(F)(F)F)cc(-c3ccc(OC)c(OC)c3)nc12)C(=O)OCC=C. The zero-order valence-electron chi connectivity index (χ0n) is 22.2. The number of ether oxygens (including phenoxy) is 4. The number of rotatable bonds is 13. The molecule has 0 aliphatic carbocycles. The van der Waals surface area contributed by atoms with Crippen LogP contribution in [0.4, 0.5) is 13.2 Å². The Morgan fingerprint density at radius 2 is 1.73 bits per heavy atom. The summed E-state index contributed by atoms with van der Waals surface area (Å²) in [5.74, 6) is -1.92. The maximum absolute atomic E-state index is 14.0. The zero-order chi connectivity index (χ0) is 30.2. The Morgan fingerprint density at radius 1 is 1.05 bits per heavy atom. The van der Waals surface area contributed by atoms with E-state index in [1.807, 2.05) is 0 Å². The third kappa shape index (κ3) is 7.41. The van der Waals surface area contributed by atoms with Gasteiger partial charge in [-0.15, -0.1) is 0 Å². The van der Waals surface area contributed by atoms with Crippen LogP contribution in [0, 0.1) is 0 Å². The van der Waals surface area contributed by atoms with Crippen LogP contribution in [-0.2, 0) is 25.2 Å². The summed E-state index contributed by atoms with van der Waals surface area (Å²) in [6.07, 6.45) is -1.78. The van der Waals surface area contributed by atoms with E-state index in [1.165, 1.54) is 44.6 Å². The molecule has 1 N–H and O–H groups in total. The molecule has 1 unspecified atom stereocenters. The maximum Gasteiger partial charge on any atom is 0.433 e. The lowest BCUT2D eigenvalue weighted by Crippen LogP contribution is -2.42. The summed E-state index contributed by atoms with van der Waals surface area (Å²) in [6, 6.07) is 3.85. The van der Waals surface area contributed by atoms with Gasteiger partial charge in [-0.1, -0.05) is 25.3 Å². The van der Waals surface area contributed by atoms with Crippen LogP contribution >= 0.6 is 0 Å². The van der Waals surface area contributed by atoms with Crippen molar-refractivity contribution in [2.45, 2.75) is 25.1 Å². The number of carbonyl (C=O) groups excluding carboxylic acids is 3. The summed E-state index contributed by atoms with van der Waals surface area (Å²) < 4.78 is 62.9. The highest BCUT2D eigenvalue weighted by molar-refractivity contribution is 6.01. The fourth-order valence-corrected chi connectivity index (χ4v) is 3.68. The quantitative estimate of drug-likeness (QED) is 0.239. The van der Waals surface area contributed by atoms with Crippen molar-refractivity contribution in [3.8, 4) is 22.8 Å². The van der Waals surface area contributed by atoms with E-state index in [2.05, 4.69) is 28.6 Å². The fourth-order valence-electron chi connectivity index (χ4n) is 3.68. The number of nitrogens with zero attached hydrogens (tertiary/aromatic N) is 3. The monoisotopic (exact) mass is 576 g/mol. The number of hydrogen-bond acceptors (Lipinski definition) is 9. The maximum atomic E-state index is 14.0. The van der Waals surface area contributed by atoms with Gasteiger partial charge in [0, 0.05) is 12.0 Å². The van der Waals surface area contributed by atoms with Crippen LogP contribution in [0.3, 0.4) is 0 Å². The van der Waals surface area contributed by atoms with Gasteiger partial charge in [-0.25, -0.2) is 14.3 Å². The molecule has 3 rings (SSSR count). The minimum Gasteiger partial charge on any atom is -0.493 e. The molecular weight excluding hydrogens is 549 g/mol. The van der Waals surface area contributed by atoms with Crippen molar-refractivity contribution in [1.29, 1.82) is 0 Å². The Labute approximate surface area is 232 Å². The van der Waals surface area contributed by atoms with Crippen molar-refractivity contribution in [1.82, 2.24) is 19.9 Å². The second kappa shape index (κ2) is 13.5. The lowest BCUT2D eigenvalue weighted by molar-refractivity contribution is -0.146. The van der Waals surface area contributed by atoms with E-state index in [0.29, 0.717) is 10.3 Å². The van der Waals surface area contributed by atoms with Gasteiger partial charge in [-0.05, 0) is 30.7 Å². The smallest absolute Gasteiger partial charge is 0.433 e. The summed E-state index contributed by atoms with van der Waals surface area (Å²) in [4.78, 5) is 42.0. The number of hydrogen-bond donors (Lipinski definition) is 1. The van der Waals surface area contributed by atoms with E-state index >= 15 is 0 Å². The number of esters is 2. The molecular formula is C27H27F3N4O7. The highest BCUT2D eigenvalue weighted by Gasteiger charge is 2.36. The molecule has 2 aromatic heterocycles. The van der Waals surface area contributed by atoms with E-state index in [0.717, 1.165) is 12.3 Å². The number of alkyl halides is 3. The first-order chi connectivity index (χ1) is 19.5. The van der Waals surface area contributed by atoms with Gasteiger partial charge in [0.1, 0.15) is 24.8 Å². The molecule has 11 nitrogen and oxygen atoms in total. The Kier molecular flexibility index (Phi) is 10.1. The molecule has 0 fully saturated rings. The lowest BCUT2D eigenvalue weighted by atomic mass is 10.1. The van der Waals surface area contributed by atoms with Gasteiger partial charge in [0.25, 0.3) is 5.91 Å². The van der Waals surface area contributed by atoms with Crippen LogP contribution < -0.4 is 14.8 Å². The van der Waals surface area contributed by atoms with Crippen molar-refractivity contribution in [3.05, 3.63) is 67.0 Å². The molecule has 41 heavy (non-hydrogen) atoms. The van der Waals surface area contributed by atoms with Gasteiger partial charge in [-0.2, -0.15) is 18.3 Å². The first-order valence-corrected chi connectivity index (χ1v) is 12.1. The van der Waals surface area contributed by atoms with Crippen LogP contribution in [0.25, 0.3) is 16.9 Å². The molecule has 218 valence electrons. The Morgan fingerprint density at radius 3 is 2.37 bits per heavy atom. The predicted octanol–water partition coefficient (Wildman–Crippen LogP) is 3.77. The molecule has 3 aromatic rings. The molecule has 1 aromatic carbocycles. The molecule has 1 amide bonds. The van der Waals surface area contributed by atoms with Crippen molar-refractivity contribution in [2.24, 2.45) is 0 Å². The number of amides is 1. The van der Waals surface area contributed by atoms with Crippen molar-refractivity contribution >= 4 is 23.5 Å². The number of methoxy groups -OCH3 is 2. The molecule has 14 heteroatoms. The van der Waals surface area contributed by atoms with Crippen molar-refractivity contribution in [3.63, 3.8) is 0 Å². The molecule has 0 radical (unpaired) electrons. The molecule has 0 bridgehead atoms. The topological polar surface area (TPSA) is 130 Å². The summed E-state index contributed by atoms with van der Waals surface area (Å²) >= 11 is 0. The van der Waals surface area contributed by atoms with Gasteiger partial charge in [0.05, 0.1) is 26.1 Å². The minimum absolute atomic E-state index is 0.0468. The highest BCUT2D eigenvalue weighted by atomic mass is 19.4. The molecule has 0 saturated heterocycles. The van der Waals surface area contributed by atoms with Crippen LogP contribution in [0.15, 0.2) is 55.8 Å². The van der Waals surface area contributed by atoms with E-state index in [-0.39, 0.29) is 48.6 Å². The minimum atomic E-state index is -4.87. The van der Waals surface area contributed by atoms with E-state index in [9.17, 15) is 27.6 Å². The Hall–Kier alpha value is -4.88. The molecule has 2 heterocycles. The van der Waals surface area contributed by atoms with Gasteiger partial charge >= 0.3 is 18.1 Å². The van der Waals surface area contributed by atoms with Crippen LogP contribution in [0.1, 0.15) is 28.9 Å². The van der Waals surface area contributed by atoms with Gasteiger partial charge in [-0.3, -0.25) is 9.59 Å². The number of halogens is 3. The Balaban J connectivity index is 2.02. The molecule has 1 atom stereocenters. The number of carbonyl (C=O) groups is 3. The lowest BCUT2D eigenvalue weighted by Gasteiger charge is -2.17. The molecule has 0 spiro atoms. The van der Waals surface area contributed by atoms with Crippen molar-refractivity contribution in [2.75, 3.05) is 27.4 Å². The van der Waals surface area contributed by atoms with Crippen LogP contribution in [0.5, 0.6) is 11.5 Å². The van der Waals surface area contributed by atoms with E-state index in [4.69, 9.17) is 18.9 Å². The standard InChI is InChI=1S/C27H27F3N4O7/c1-5-11-40-23(35)10-8-18(26(37)41-12-6-2)33-25(36)17-15-31-34-22(27(28,29)30)14-19(32-24(17)34)16-7-9-20(38-3)21(13-16)39-4/h5-7,9,13-15,18H,1-2,8,10-12H2,3-4H3,(H,33,36). The summed E-state index contributed by atoms with van der Waals surface area (Å²) in [6.45, 7) is 6.66. The van der Waals surface area contributed by atoms with E-state index in [1.54, 1.807) is 0 Å². The number of nitrogens with one attached hydrogen (secondary N) is 1. The molecule has 0 saturated carbocycles. The fraction of sp³-hybridized carbons (Fsp3) is 0.296. The third-order valence-corrected chi connectivity index (χ3v) is 5.62. The first-order valence-electron chi connectivity index (χ1n) is 12.1. The number of benzene rings is 1. The average molecular weight is 577 g/mol. The summed E-state index contributed by atoms with van der Waals surface area (Å²) in [5.41, 5.74) is -1.86. The second-order valence-electron chi connectivity index (χ2n) is 8.34. The third-order valence-electron chi connectivity index (χ3n) is 5.62. The highest BCUT2D eigenvalue weighted by Crippen LogP contribution is 2.35. The number of aromatic nitrogens is 3. The number of fused-ring (bicyclic) bond motifs is 1. The average Bonchev–Trinajstić information content (AvgIpc) is 3.39. The van der Waals surface area contributed by atoms with Crippen LogP contribution in [0.2, 0.25) is 0 Å². The molecule has 0 aliphatic rings. The normalized spacial score (nSPS) is 11.8. The first kappa shape index (κ1) is 30.7. The van der Waals surface area contributed by atoms with Crippen LogP contribution in [-0.4, -0.2) is 65.9 Å². The molecule has 0 aliphatic heterocycles. The Bertz CT molecular complexity index is 1450. The second-order valence-corrected chi connectivity index (χ2v) is 8.34. The predicted molar refractivity (Wildman–Crippen MR) is 139 cm³/mol. The zero-order valence-corrected chi connectivity index (χ0v) is 22.2. The van der Waals surface area contributed by atoms with Gasteiger partial charge < -0.3 is 24.3 Å². The van der Waals surface area contributed by atoms with Gasteiger partial charge in [0.2, 0.25) is 0 Å². The largest absolute Gasteiger partial charge is 0.493 e. The van der Waals surface area contributed by atoms with Gasteiger partial charge in [0.15, 0.2) is 22.8 Å². The summed E-state index contributed by atoms with van der Waals surface area (Å²) in [5, 5.41) is 6.12. The van der Waals surface area contributed by atoms with Crippen molar-refractivity contribution < 1.29 is 46.5 Å². The van der Waals surface area contributed by atoms with E-state index < -0.39 is 41.4 Å². The summed E-state index contributed by atoms with van der Waals surface area (Å²) in [7, 11) is 2.78.